The zero-order valence-corrected chi connectivity index (χ0v) is 16.4. The van der Waals surface area contributed by atoms with Crippen LogP contribution in [0.4, 0.5) is 0 Å². The molecule has 0 unspecified atom stereocenters. The van der Waals surface area contributed by atoms with E-state index in [1.165, 1.54) is 22.5 Å². The van der Waals surface area contributed by atoms with Crippen LogP contribution in [-0.4, -0.2) is 18.0 Å². The molecule has 0 saturated heterocycles. The first-order valence-electron chi connectivity index (χ1n) is 9.48. The van der Waals surface area contributed by atoms with Crippen LogP contribution in [-0.2, 0) is 6.42 Å². The average molecular weight is 388 g/mol. The number of benzene rings is 2. The molecule has 0 fully saturated rings. The van der Waals surface area contributed by atoms with Crippen molar-refractivity contribution in [3.05, 3.63) is 70.6 Å². The van der Waals surface area contributed by atoms with Crippen molar-refractivity contribution in [3.63, 3.8) is 0 Å². The molecule has 1 amide bonds. The average Bonchev–Trinajstić information content (AvgIpc) is 3.15. The largest absolute Gasteiger partial charge is 0.497 e. The normalized spacial score (nSPS) is 16.1. The zero-order chi connectivity index (χ0) is 19.1. The summed E-state index contributed by atoms with van der Waals surface area (Å²) < 4.78 is 5.29. The van der Waals surface area contributed by atoms with E-state index in [-0.39, 0.29) is 11.9 Å². The van der Waals surface area contributed by atoms with E-state index in [4.69, 9.17) is 9.72 Å². The Morgan fingerprint density at radius 2 is 2.04 bits per heavy atom. The third-order valence-electron chi connectivity index (χ3n) is 5.41. The number of ether oxygens (including phenoxy) is 1. The first-order chi connectivity index (χ1) is 13.7. The van der Waals surface area contributed by atoms with Crippen LogP contribution in [0.1, 0.15) is 39.7 Å². The number of carbonyl (C=O) groups is 1. The number of methoxy groups -OCH3 is 1. The lowest BCUT2D eigenvalue weighted by atomic mass is 9.88. The number of pyridine rings is 1. The molecule has 0 aliphatic heterocycles. The Morgan fingerprint density at radius 1 is 1.14 bits per heavy atom. The highest BCUT2D eigenvalue weighted by Crippen LogP contribution is 2.32. The molecule has 5 heteroatoms. The molecule has 4 nitrogen and oxygen atoms in total. The minimum atomic E-state index is -0.0219. The van der Waals surface area contributed by atoms with Crippen molar-refractivity contribution in [2.75, 3.05) is 7.11 Å². The maximum absolute atomic E-state index is 12.9. The van der Waals surface area contributed by atoms with Crippen molar-refractivity contribution in [1.29, 1.82) is 0 Å². The van der Waals surface area contributed by atoms with Gasteiger partial charge in [0.1, 0.15) is 10.6 Å². The summed E-state index contributed by atoms with van der Waals surface area (Å²) in [7, 11) is 1.65. The standard InChI is InChI=1S/C23H20N2O2S/c1-27-17-10-9-15-11-16-12-21(28-23(16)25-20(15)13-17)22(26)24-19-8-4-6-14-5-2-3-7-18(14)19/h2-3,5,7,9-13,19H,4,6,8H2,1H3,(H,24,26)/t19-/m1/s1. The topological polar surface area (TPSA) is 51.2 Å². The van der Waals surface area contributed by atoms with Crippen LogP contribution >= 0.6 is 11.3 Å². The van der Waals surface area contributed by atoms with Gasteiger partial charge in [0.15, 0.2) is 0 Å². The van der Waals surface area contributed by atoms with Crippen LogP contribution in [0.5, 0.6) is 5.75 Å². The summed E-state index contributed by atoms with van der Waals surface area (Å²) in [5, 5.41) is 5.27. The molecule has 4 aromatic rings. The summed E-state index contributed by atoms with van der Waals surface area (Å²) in [6, 6.07) is 18.4. The van der Waals surface area contributed by atoms with E-state index < -0.39 is 0 Å². The van der Waals surface area contributed by atoms with Gasteiger partial charge in [-0.2, -0.15) is 0 Å². The first-order valence-corrected chi connectivity index (χ1v) is 10.3. The molecule has 2 heterocycles. The summed E-state index contributed by atoms with van der Waals surface area (Å²) >= 11 is 1.44. The molecule has 2 aromatic heterocycles. The van der Waals surface area contributed by atoms with Gasteiger partial charge in [-0.25, -0.2) is 4.98 Å². The molecule has 2 aromatic carbocycles. The number of aryl methyl sites for hydroxylation is 1. The van der Waals surface area contributed by atoms with E-state index in [1.807, 2.05) is 30.3 Å². The van der Waals surface area contributed by atoms with Gasteiger partial charge in [0.25, 0.3) is 5.91 Å². The van der Waals surface area contributed by atoms with Crippen molar-refractivity contribution >= 4 is 38.4 Å². The number of carbonyl (C=O) groups excluding carboxylic acids is 1. The predicted molar refractivity (Wildman–Crippen MR) is 113 cm³/mol. The second-order valence-electron chi connectivity index (χ2n) is 7.17. The van der Waals surface area contributed by atoms with Gasteiger partial charge in [-0.15, -0.1) is 11.3 Å². The molecule has 1 aliphatic carbocycles. The summed E-state index contributed by atoms with van der Waals surface area (Å²) in [6.07, 6.45) is 3.17. The predicted octanol–water partition coefficient (Wildman–Crippen LogP) is 5.27. The minimum absolute atomic E-state index is 0.0219. The maximum atomic E-state index is 12.9. The van der Waals surface area contributed by atoms with Gasteiger partial charge < -0.3 is 10.1 Å². The molecule has 5 rings (SSSR count). The molecule has 1 atom stereocenters. The Kier molecular flexibility index (Phi) is 4.24. The Labute approximate surface area is 167 Å². The number of hydrogen-bond donors (Lipinski definition) is 1. The lowest BCUT2D eigenvalue weighted by Gasteiger charge is -2.26. The molecule has 140 valence electrons. The highest BCUT2D eigenvalue weighted by Gasteiger charge is 2.22. The van der Waals surface area contributed by atoms with E-state index in [0.29, 0.717) is 4.88 Å². The summed E-state index contributed by atoms with van der Waals surface area (Å²) in [5.74, 6) is 0.760. The second-order valence-corrected chi connectivity index (χ2v) is 8.20. The smallest absolute Gasteiger partial charge is 0.261 e. The lowest BCUT2D eigenvalue weighted by Crippen LogP contribution is -2.30. The van der Waals surface area contributed by atoms with Crippen LogP contribution in [0.25, 0.3) is 21.1 Å². The van der Waals surface area contributed by atoms with Gasteiger partial charge in [-0.05, 0) is 54.7 Å². The SMILES string of the molecule is COc1ccc2cc3cc(C(=O)N[C@@H]4CCCc5ccccc54)sc3nc2c1. The molecule has 28 heavy (non-hydrogen) atoms. The lowest BCUT2D eigenvalue weighted by molar-refractivity contribution is 0.0937. The van der Waals surface area contributed by atoms with E-state index >= 15 is 0 Å². The van der Waals surface area contributed by atoms with Crippen LogP contribution in [0.2, 0.25) is 0 Å². The summed E-state index contributed by atoms with van der Waals surface area (Å²) in [6.45, 7) is 0. The Balaban J connectivity index is 1.46. The molecule has 0 saturated carbocycles. The van der Waals surface area contributed by atoms with E-state index in [9.17, 15) is 4.79 Å². The zero-order valence-electron chi connectivity index (χ0n) is 15.6. The Hall–Kier alpha value is -2.92. The summed E-state index contributed by atoms with van der Waals surface area (Å²) in [4.78, 5) is 19.2. The van der Waals surface area contributed by atoms with Crippen LogP contribution in [0.3, 0.4) is 0 Å². The molecule has 0 bridgehead atoms. The Bertz CT molecular complexity index is 1200. The molecular formula is C23H20N2O2S. The van der Waals surface area contributed by atoms with Gasteiger partial charge in [-0.1, -0.05) is 24.3 Å². The van der Waals surface area contributed by atoms with Crippen LogP contribution in [0, 0.1) is 0 Å². The molecule has 1 aliphatic rings. The van der Waals surface area contributed by atoms with Gasteiger partial charge >= 0.3 is 0 Å². The first kappa shape index (κ1) is 17.2. The third-order valence-corrected chi connectivity index (χ3v) is 6.45. The monoisotopic (exact) mass is 388 g/mol. The minimum Gasteiger partial charge on any atom is -0.497 e. The van der Waals surface area contributed by atoms with Gasteiger partial charge in [0, 0.05) is 16.8 Å². The van der Waals surface area contributed by atoms with Gasteiger partial charge in [0.2, 0.25) is 0 Å². The number of fused-ring (bicyclic) bond motifs is 3. The molecule has 1 N–H and O–H groups in total. The Morgan fingerprint density at radius 3 is 2.93 bits per heavy atom. The van der Waals surface area contributed by atoms with Crippen molar-refractivity contribution in [3.8, 4) is 5.75 Å². The number of hydrogen-bond acceptors (Lipinski definition) is 4. The van der Waals surface area contributed by atoms with Gasteiger partial charge in [-0.3, -0.25) is 4.79 Å². The van der Waals surface area contributed by atoms with Crippen molar-refractivity contribution in [2.45, 2.75) is 25.3 Å². The van der Waals surface area contributed by atoms with Gasteiger partial charge in [0.05, 0.1) is 23.5 Å². The fourth-order valence-electron chi connectivity index (χ4n) is 3.98. The fraction of sp³-hybridized carbons (Fsp3) is 0.217. The number of nitrogens with one attached hydrogen (secondary N) is 1. The van der Waals surface area contributed by atoms with Crippen molar-refractivity contribution in [1.82, 2.24) is 10.3 Å². The van der Waals surface area contributed by atoms with Crippen LogP contribution < -0.4 is 10.1 Å². The molecule has 0 radical (unpaired) electrons. The number of rotatable bonds is 3. The molecule has 0 spiro atoms. The number of thiophene rings is 1. The van der Waals surface area contributed by atoms with Crippen molar-refractivity contribution < 1.29 is 9.53 Å². The number of aromatic nitrogens is 1. The maximum Gasteiger partial charge on any atom is 0.261 e. The second kappa shape index (κ2) is 6.91. The highest BCUT2D eigenvalue weighted by molar-refractivity contribution is 7.20. The number of amides is 1. The van der Waals surface area contributed by atoms with E-state index in [1.54, 1.807) is 7.11 Å². The molecular weight excluding hydrogens is 368 g/mol. The van der Waals surface area contributed by atoms with Crippen molar-refractivity contribution in [2.24, 2.45) is 0 Å². The fourth-order valence-corrected chi connectivity index (χ4v) is 4.90. The number of nitrogens with zero attached hydrogens (tertiary/aromatic N) is 1. The highest BCUT2D eigenvalue weighted by atomic mass is 32.1. The third kappa shape index (κ3) is 3.02. The van der Waals surface area contributed by atoms with E-state index in [0.717, 1.165) is 46.1 Å². The summed E-state index contributed by atoms with van der Waals surface area (Å²) in [5.41, 5.74) is 3.47. The van der Waals surface area contributed by atoms with Crippen LogP contribution in [0.15, 0.2) is 54.6 Å². The van der Waals surface area contributed by atoms with E-state index in [2.05, 4.69) is 29.6 Å². The quantitative estimate of drug-likeness (QED) is 0.520.